The number of benzene rings is 1. The first-order chi connectivity index (χ1) is 9.38. The van der Waals surface area contributed by atoms with Crippen molar-refractivity contribution >= 4 is 5.91 Å². The minimum Gasteiger partial charge on any atom is -0.459 e. The van der Waals surface area contributed by atoms with Crippen LogP contribution in [0.2, 0.25) is 0 Å². The van der Waals surface area contributed by atoms with Crippen LogP contribution in [-0.4, -0.2) is 12.1 Å². The molecular weight excluding hydrogens is 278 g/mol. The molecule has 0 fully saturated rings. The van der Waals surface area contributed by atoms with E-state index < -0.39 is 23.9 Å². The molecule has 1 amide bonds. The number of carbonyl (C=O) groups is 1. The van der Waals surface area contributed by atoms with Gasteiger partial charge >= 0.3 is 6.18 Å². The van der Waals surface area contributed by atoms with Gasteiger partial charge in [0.25, 0.3) is 5.91 Å². The molecule has 0 aliphatic rings. The molecule has 0 radical (unpaired) electrons. The quantitative estimate of drug-likeness (QED) is 0.878. The Morgan fingerprint density at radius 3 is 2.30 bits per heavy atom. The van der Waals surface area contributed by atoms with Crippen LogP contribution in [0, 0.1) is 5.82 Å². The highest BCUT2D eigenvalue weighted by Crippen LogP contribution is 2.33. The molecule has 1 atom stereocenters. The van der Waals surface area contributed by atoms with Gasteiger partial charge in [0.05, 0.1) is 6.26 Å². The fourth-order valence-corrected chi connectivity index (χ4v) is 1.62. The van der Waals surface area contributed by atoms with E-state index in [-0.39, 0.29) is 11.3 Å². The summed E-state index contributed by atoms with van der Waals surface area (Å²) in [5.41, 5.74) is -0.265. The number of hydrogen-bond acceptors (Lipinski definition) is 2. The number of halogens is 4. The topological polar surface area (TPSA) is 42.2 Å². The molecule has 1 aromatic heterocycles. The Balaban J connectivity index is 2.25. The molecule has 3 nitrogen and oxygen atoms in total. The van der Waals surface area contributed by atoms with Crippen molar-refractivity contribution < 1.29 is 26.8 Å². The molecule has 1 aromatic carbocycles. The van der Waals surface area contributed by atoms with Crippen LogP contribution in [0.5, 0.6) is 0 Å². The maximum atomic E-state index is 13.0. The van der Waals surface area contributed by atoms with E-state index >= 15 is 0 Å². The molecule has 106 valence electrons. The Labute approximate surface area is 111 Å². The zero-order chi connectivity index (χ0) is 14.8. The van der Waals surface area contributed by atoms with Crippen molar-refractivity contribution in [3.05, 3.63) is 59.8 Å². The summed E-state index contributed by atoms with van der Waals surface area (Å²) in [6.45, 7) is 0. The van der Waals surface area contributed by atoms with Crippen LogP contribution < -0.4 is 5.32 Å². The van der Waals surface area contributed by atoms with Crippen LogP contribution in [0.4, 0.5) is 17.6 Å². The largest absolute Gasteiger partial charge is 0.459 e. The summed E-state index contributed by atoms with van der Waals surface area (Å²) in [4.78, 5) is 11.6. The third-order valence-electron chi connectivity index (χ3n) is 2.55. The second-order valence-electron chi connectivity index (χ2n) is 3.98. The standard InChI is InChI=1S/C13H9F4NO2/c14-9-5-3-8(4-6-9)11(13(15,16)17)18-12(19)10-2-1-7-20-10/h1-7,11H,(H,18,19)/t11-/m0/s1. The van der Waals surface area contributed by atoms with Gasteiger partial charge in [0, 0.05) is 0 Å². The van der Waals surface area contributed by atoms with Gasteiger partial charge in [-0.15, -0.1) is 0 Å². The normalized spacial score (nSPS) is 13.0. The summed E-state index contributed by atoms with van der Waals surface area (Å²) < 4.78 is 56.4. The van der Waals surface area contributed by atoms with E-state index in [0.717, 1.165) is 24.3 Å². The van der Waals surface area contributed by atoms with Crippen molar-refractivity contribution in [3.8, 4) is 0 Å². The molecule has 0 saturated carbocycles. The molecule has 0 aliphatic carbocycles. The van der Waals surface area contributed by atoms with Gasteiger partial charge in [-0.05, 0) is 29.8 Å². The molecule has 0 spiro atoms. The third kappa shape index (κ3) is 3.17. The highest BCUT2D eigenvalue weighted by molar-refractivity contribution is 5.91. The summed E-state index contributed by atoms with van der Waals surface area (Å²) in [5, 5.41) is 1.81. The van der Waals surface area contributed by atoms with Crippen molar-refractivity contribution in [3.63, 3.8) is 0 Å². The smallest absolute Gasteiger partial charge is 0.412 e. The van der Waals surface area contributed by atoms with Crippen molar-refractivity contribution in [2.45, 2.75) is 12.2 Å². The lowest BCUT2D eigenvalue weighted by Gasteiger charge is -2.21. The summed E-state index contributed by atoms with van der Waals surface area (Å²) >= 11 is 0. The molecule has 0 saturated heterocycles. The predicted octanol–water partition coefficient (Wildman–Crippen LogP) is 3.45. The molecule has 0 bridgehead atoms. The first kappa shape index (κ1) is 14.1. The summed E-state index contributed by atoms with van der Waals surface area (Å²) in [7, 11) is 0. The van der Waals surface area contributed by atoms with Gasteiger partial charge in [-0.1, -0.05) is 12.1 Å². The van der Waals surface area contributed by atoms with Crippen LogP contribution in [0.1, 0.15) is 22.2 Å². The van der Waals surface area contributed by atoms with Gasteiger partial charge in [-0.3, -0.25) is 4.79 Å². The monoisotopic (exact) mass is 287 g/mol. The van der Waals surface area contributed by atoms with Crippen molar-refractivity contribution in [2.75, 3.05) is 0 Å². The van der Waals surface area contributed by atoms with Gasteiger partial charge in [-0.2, -0.15) is 13.2 Å². The van der Waals surface area contributed by atoms with Crippen LogP contribution in [0.3, 0.4) is 0 Å². The Kier molecular flexibility index (Phi) is 3.78. The fourth-order valence-electron chi connectivity index (χ4n) is 1.62. The van der Waals surface area contributed by atoms with Crippen LogP contribution >= 0.6 is 0 Å². The number of rotatable bonds is 3. The Morgan fingerprint density at radius 2 is 1.80 bits per heavy atom. The van der Waals surface area contributed by atoms with Crippen LogP contribution in [-0.2, 0) is 0 Å². The maximum absolute atomic E-state index is 13.0. The number of furan rings is 1. The number of hydrogen-bond donors (Lipinski definition) is 1. The minimum atomic E-state index is -4.71. The van der Waals surface area contributed by atoms with E-state index in [1.807, 2.05) is 5.32 Å². The van der Waals surface area contributed by atoms with E-state index in [1.54, 1.807) is 0 Å². The third-order valence-corrected chi connectivity index (χ3v) is 2.55. The zero-order valence-electron chi connectivity index (χ0n) is 9.95. The lowest BCUT2D eigenvalue weighted by Crippen LogP contribution is -2.38. The van der Waals surface area contributed by atoms with E-state index in [1.165, 1.54) is 18.4 Å². The molecule has 0 aliphatic heterocycles. The van der Waals surface area contributed by atoms with E-state index in [9.17, 15) is 22.4 Å². The molecule has 20 heavy (non-hydrogen) atoms. The summed E-state index contributed by atoms with van der Waals surface area (Å²) in [6.07, 6.45) is -3.53. The highest BCUT2D eigenvalue weighted by Gasteiger charge is 2.42. The van der Waals surface area contributed by atoms with Gasteiger partial charge < -0.3 is 9.73 Å². The molecule has 1 heterocycles. The van der Waals surface area contributed by atoms with Crippen molar-refractivity contribution in [2.24, 2.45) is 0 Å². The Bertz CT molecular complexity index is 575. The van der Waals surface area contributed by atoms with Gasteiger partial charge in [0.2, 0.25) is 0 Å². The first-order valence-electron chi connectivity index (χ1n) is 5.54. The first-order valence-corrected chi connectivity index (χ1v) is 5.54. The van der Waals surface area contributed by atoms with Gasteiger partial charge in [-0.25, -0.2) is 4.39 Å². The highest BCUT2D eigenvalue weighted by atomic mass is 19.4. The predicted molar refractivity (Wildman–Crippen MR) is 61.4 cm³/mol. The summed E-state index contributed by atoms with van der Waals surface area (Å²) in [5.74, 6) is -1.89. The van der Waals surface area contributed by atoms with Gasteiger partial charge in [0.1, 0.15) is 5.82 Å². The maximum Gasteiger partial charge on any atom is 0.412 e. The average Bonchev–Trinajstić information content (AvgIpc) is 2.89. The SMILES string of the molecule is O=C(N[C@@H](c1ccc(F)cc1)C(F)(F)F)c1ccco1. The Hall–Kier alpha value is -2.31. The van der Waals surface area contributed by atoms with E-state index in [0.29, 0.717) is 0 Å². The van der Waals surface area contributed by atoms with Gasteiger partial charge in [0.15, 0.2) is 11.8 Å². The summed E-state index contributed by atoms with van der Waals surface area (Å²) in [6, 6.07) is 4.12. The molecule has 1 N–H and O–H groups in total. The molecule has 0 unspecified atom stereocenters. The van der Waals surface area contributed by atoms with Crippen LogP contribution in [0.15, 0.2) is 47.1 Å². The second kappa shape index (κ2) is 5.36. The lowest BCUT2D eigenvalue weighted by molar-refractivity contribution is -0.155. The number of nitrogens with one attached hydrogen (secondary N) is 1. The Morgan fingerprint density at radius 1 is 1.15 bits per heavy atom. The van der Waals surface area contributed by atoms with E-state index in [2.05, 4.69) is 0 Å². The number of amides is 1. The number of alkyl halides is 3. The molecular formula is C13H9F4NO2. The van der Waals surface area contributed by atoms with Crippen LogP contribution in [0.25, 0.3) is 0 Å². The average molecular weight is 287 g/mol. The molecule has 7 heteroatoms. The van der Waals surface area contributed by atoms with Crippen molar-refractivity contribution in [1.29, 1.82) is 0 Å². The van der Waals surface area contributed by atoms with E-state index in [4.69, 9.17) is 4.42 Å². The molecule has 2 aromatic rings. The molecule has 2 rings (SSSR count). The zero-order valence-corrected chi connectivity index (χ0v) is 9.95. The number of carbonyl (C=O) groups excluding carboxylic acids is 1. The lowest BCUT2D eigenvalue weighted by atomic mass is 10.1. The fraction of sp³-hybridized carbons (Fsp3) is 0.154. The second-order valence-corrected chi connectivity index (χ2v) is 3.98. The minimum absolute atomic E-state index is 0.235. The van der Waals surface area contributed by atoms with Crippen molar-refractivity contribution in [1.82, 2.24) is 5.32 Å².